The number of halogens is 2. The fourth-order valence-electron chi connectivity index (χ4n) is 5.40. The SMILES string of the molecule is O=C1NCc2nc(-c3c(F)cccc3F)cc(Nc3ccc(N4C[C@@H]5CC[C@@H](C5)C4)cn3)c21. The third-order valence-corrected chi connectivity index (χ3v) is 6.94. The van der Waals surface area contributed by atoms with Crippen LogP contribution in [-0.4, -0.2) is 29.0 Å². The maximum atomic E-state index is 14.4. The van der Waals surface area contributed by atoms with Crippen molar-refractivity contribution in [2.24, 2.45) is 11.8 Å². The van der Waals surface area contributed by atoms with Crippen molar-refractivity contribution in [2.75, 3.05) is 23.3 Å². The molecule has 6 nitrogen and oxygen atoms in total. The number of fused-ring (bicyclic) bond motifs is 3. The highest BCUT2D eigenvalue weighted by Gasteiger charge is 2.33. The summed E-state index contributed by atoms with van der Waals surface area (Å²) in [5.74, 6) is 0.411. The van der Waals surface area contributed by atoms with E-state index in [4.69, 9.17) is 0 Å². The molecule has 2 aliphatic heterocycles. The van der Waals surface area contributed by atoms with Crippen molar-refractivity contribution in [3.8, 4) is 11.3 Å². The number of carbonyl (C=O) groups excluding carboxylic acids is 1. The van der Waals surface area contributed by atoms with Crippen molar-refractivity contribution < 1.29 is 13.6 Å². The summed E-state index contributed by atoms with van der Waals surface area (Å²) in [5.41, 5.74) is 2.24. The Hall–Kier alpha value is -3.55. The average molecular weight is 447 g/mol. The molecule has 1 saturated carbocycles. The Morgan fingerprint density at radius 3 is 2.48 bits per heavy atom. The Morgan fingerprint density at radius 2 is 1.79 bits per heavy atom. The first kappa shape index (κ1) is 20.1. The molecular formula is C25H23F2N5O. The van der Waals surface area contributed by atoms with Gasteiger partial charge in [-0.2, -0.15) is 0 Å². The molecule has 8 heteroatoms. The highest BCUT2D eigenvalue weighted by atomic mass is 19.1. The van der Waals surface area contributed by atoms with Gasteiger partial charge in [0, 0.05) is 13.1 Å². The summed E-state index contributed by atoms with van der Waals surface area (Å²) in [6, 6.07) is 9.09. The van der Waals surface area contributed by atoms with E-state index in [1.165, 1.54) is 43.5 Å². The monoisotopic (exact) mass is 447 g/mol. The standard InChI is InChI=1S/C25H23F2N5O/c26-17-2-1-3-18(27)23(17)19-9-20(24-21(30-19)11-29-25(24)33)31-22-7-6-16(10-28-22)32-12-14-4-5-15(8-14)13-32/h1-3,6-7,9-10,14-15H,4-5,8,11-13H2,(H,29,33)(H,28,30,31)/t14-,15+. The summed E-state index contributed by atoms with van der Waals surface area (Å²) in [6.45, 7) is 2.34. The van der Waals surface area contributed by atoms with Crippen molar-refractivity contribution in [3.63, 3.8) is 0 Å². The molecule has 33 heavy (non-hydrogen) atoms. The molecule has 3 aromatic rings. The summed E-state index contributed by atoms with van der Waals surface area (Å²) in [6.07, 6.45) is 5.80. The molecule has 2 fully saturated rings. The number of hydrogen-bond donors (Lipinski definition) is 2. The molecule has 4 heterocycles. The van der Waals surface area contributed by atoms with Crippen LogP contribution < -0.4 is 15.5 Å². The zero-order valence-corrected chi connectivity index (χ0v) is 17.9. The third kappa shape index (κ3) is 3.59. The number of nitrogens with one attached hydrogen (secondary N) is 2. The van der Waals surface area contributed by atoms with Gasteiger partial charge < -0.3 is 15.5 Å². The van der Waals surface area contributed by atoms with Crippen LogP contribution in [-0.2, 0) is 6.54 Å². The molecule has 0 spiro atoms. The van der Waals surface area contributed by atoms with Crippen molar-refractivity contribution >= 4 is 23.1 Å². The zero-order valence-electron chi connectivity index (χ0n) is 17.9. The maximum Gasteiger partial charge on any atom is 0.255 e. The van der Waals surface area contributed by atoms with Crippen LogP contribution in [0.4, 0.5) is 26.0 Å². The second-order valence-electron chi connectivity index (χ2n) is 9.13. The number of pyridine rings is 2. The predicted molar refractivity (Wildman–Crippen MR) is 121 cm³/mol. The van der Waals surface area contributed by atoms with E-state index in [0.29, 0.717) is 22.8 Å². The van der Waals surface area contributed by atoms with E-state index in [9.17, 15) is 13.6 Å². The molecule has 1 saturated heterocycles. The lowest BCUT2D eigenvalue weighted by atomic mass is 9.98. The van der Waals surface area contributed by atoms with Crippen molar-refractivity contribution in [3.05, 3.63) is 65.5 Å². The van der Waals surface area contributed by atoms with Crippen LogP contribution in [0.3, 0.4) is 0 Å². The highest BCUT2D eigenvalue weighted by molar-refractivity contribution is 6.04. The average Bonchev–Trinajstić information content (AvgIpc) is 3.35. The molecule has 168 valence electrons. The van der Waals surface area contributed by atoms with Gasteiger partial charge in [-0.3, -0.25) is 4.79 Å². The molecule has 2 aromatic heterocycles. The molecule has 1 aromatic carbocycles. The zero-order chi connectivity index (χ0) is 22.5. The fourth-order valence-corrected chi connectivity index (χ4v) is 5.40. The van der Waals surface area contributed by atoms with Crippen LogP contribution in [0.2, 0.25) is 0 Å². The molecule has 0 unspecified atom stereocenters. The van der Waals surface area contributed by atoms with Gasteiger partial charge in [-0.1, -0.05) is 6.07 Å². The first-order valence-electron chi connectivity index (χ1n) is 11.3. The number of nitrogens with zero attached hydrogens (tertiary/aromatic N) is 3. The second-order valence-corrected chi connectivity index (χ2v) is 9.13. The van der Waals surface area contributed by atoms with Gasteiger partial charge in [0.2, 0.25) is 0 Å². The largest absolute Gasteiger partial charge is 0.370 e. The summed E-state index contributed by atoms with van der Waals surface area (Å²) in [7, 11) is 0. The van der Waals surface area contributed by atoms with E-state index in [1.54, 1.807) is 0 Å². The summed E-state index contributed by atoms with van der Waals surface area (Å²) in [4.78, 5) is 23.7. The summed E-state index contributed by atoms with van der Waals surface area (Å²) in [5, 5.41) is 5.90. The van der Waals surface area contributed by atoms with Gasteiger partial charge in [-0.15, -0.1) is 0 Å². The third-order valence-electron chi connectivity index (χ3n) is 6.94. The van der Waals surface area contributed by atoms with Gasteiger partial charge in [-0.25, -0.2) is 18.7 Å². The smallest absolute Gasteiger partial charge is 0.255 e. The minimum absolute atomic E-state index is 0.128. The van der Waals surface area contributed by atoms with Crippen molar-refractivity contribution in [1.82, 2.24) is 15.3 Å². The van der Waals surface area contributed by atoms with Crippen LogP contribution in [0.15, 0.2) is 42.6 Å². The predicted octanol–water partition coefficient (Wildman–Crippen LogP) is 4.65. The minimum atomic E-state index is -0.705. The Kier molecular flexibility index (Phi) is 4.74. The van der Waals surface area contributed by atoms with E-state index < -0.39 is 11.6 Å². The normalized spacial score (nSPS) is 21.2. The van der Waals surface area contributed by atoms with E-state index in [2.05, 4.69) is 25.5 Å². The molecule has 1 aliphatic carbocycles. The van der Waals surface area contributed by atoms with Gasteiger partial charge in [0.15, 0.2) is 0 Å². The molecule has 1 amide bonds. The van der Waals surface area contributed by atoms with Crippen LogP contribution >= 0.6 is 0 Å². The maximum absolute atomic E-state index is 14.4. The van der Waals surface area contributed by atoms with Crippen LogP contribution in [0, 0.1) is 23.5 Å². The van der Waals surface area contributed by atoms with E-state index in [-0.39, 0.29) is 23.7 Å². The Morgan fingerprint density at radius 1 is 1.03 bits per heavy atom. The number of piperidine rings is 1. The number of rotatable bonds is 4. The Balaban J connectivity index is 1.32. The number of anilines is 3. The van der Waals surface area contributed by atoms with Gasteiger partial charge in [0.1, 0.15) is 17.5 Å². The van der Waals surface area contributed by atoms with Crippen LogP contribution in [0.5, 0.6) is 0 Å². The Bertz CT molecular complexity index is 1210. The topological polar surface area (TPSA) is 70.2 Å². The Labute approximate surface area is 190 Å². The lowest BCUT2D eigenvalue weighted by Crippen LogP contribution is -2.36. The van der Waals surface area contributed by atoms with E-state index in [0.717, 1.165) is 30.6 Å². The van der Waals surface area contributed by atoms with E-state index in [1.807, 2.05) is 18.3 Å². The first-order chi connectivity index (χ1) is 16.0. The number of hydrogen-bond acceptors (Lipinski definition) is 5. The van der Waals surface area contributed by atoms with Gasteiger partial charge in [0.25, 0.3) is 5.91 Å². The van der Waals surface area contributed by atoms with Crippen LogP contribution in [0.25, 0.3) is 11.3 Å². The molecule has 3 aliphatic rings. The first-order valence-corrected chi connectivity index (χ1v) is 11.3. The lowest BCUT2D eigenvalue weighted by molar-refractivity contribution is 0.0966. The highest BCUT2D eigenvalue weighted by Crippen LogP contribution is 2.38. The molecule has 6 rings (SSSR count). The quantitative estimate of drug-likeness (QED) is 0.610. The minimum Gasteiger partial charge on any atom is -0.370 e. The van der Waals surface area contributed by atoms with Gasteiger partial charge in [0.05, 0.1) is 46.6 Å². The van der Waals surface area contributed by atoms with Gasteiger partial charge in [-0.05, 0) is 61.4 Å². The van der Waals surface area contributed by atoms with Gasteiger partial charge >= 0.3 is 0 Å². The fraction of sp³-hybridized carbons (Fsp3) is 0.320. The van der Waals surface area contributed by atoms with E-state index >= 15 is 0 Å². The molecule has 2 N–H and O–H groups in total. The van der Waals surface area contributed by atoms with Crippen molar-refractivity contribution in [1.29, 1.82) is 0 Å². The number of carbonyl (C=O) groups is 1. The molecule has 2 bridgehead atoms. The number of benzene rings is 1. The number of amides is 1. The van der Waals surface area contributed by atoms with Crippen LogP contribution in [0.1, 0.15) is 35.3 Å². The molecule has 0 radical (unpaired) electrons. The molecule has 2 atom stereocenters. The summed E-state index contributed by atoms with van der Waals surface area (Å²) >= 11 is 0. The van der Waals surface area contributed by atoms with Crippen molar-refractivity contribution in [2.45, 2.75) is 25.8 Å². The lowest BCUT2D eigenvalue weighted by Gasteiger charge is -2.33. The number of aromatic nitrogens is 2. The molecular weight excluding hydrogens is 424 g/mol. The second kappa shape index (κ2) is 7.79. The summed E-state index contributed by atoms with van der Waals surface area (Å²) < 4.78 is 28.8.